The monoisotopic (exact) mass is 409 g/mol. The van der Waals surface area contributed by atoms with E-state index in [2.05, 4.69) is 23.1 Å². The molecular formula is C23H27N3O2S. The zero-order valence-corrected chi connectivity index (χ0v) is 17.7. The number of fused-ring (bicyclic) bond motifs is 1. The van der Waals surface area contributed by atoms with Crippen molar-refractivity contribution >= 4 is 35.0 Å². The highest BCUT2D eigenvalue weighted by Gasteiger charge is 2.27. The SMILES string of the molecule is CN(Cc1ccccc1N1CCCCC1)C(=O)CN1C(=O)CSc2ccccc21. The van der Waals surface area contributed by atoms with E-state index >= 15 is 0 Å². The number of hydrogen-bond donors (Lipinski definition) is 0. The van der Waals surface area contributed by atoms with E-state index in [9.17, 15) is 9.59 Å². The van der Waals surface area contributed by atoms with Crippen molar-refractivity contribution in [1.82, 2.24) is 4.90 Å². The number of thioether (sulfide) groups is 1. The Morgan fingerprint density at radius 2 is 1.69 bits per heavy atom. The Morgan fingerprint density at radius 1 is 1.00 bits per heavy atom. The van der Waals surface area contributed by atoms with E-state index < -0.39 is 0 Å². The zero-order chi connectivity index (χ0) is 20.2. The Kier molecular flexibility index (Phi) is 6.09. The lowest BCUT2D eigenvalue weighted by molar-refractivity contribution is -0.130. The molecule has 2 amide bonds. The lowest BCUT2D eigenvalue weighted by Gasteiger charge is -2.32. The molecule has 0 saturated carbocycles. The summed E-state index contributed by atoms with van der Waals surface area (Å²) in [4.78, 5) is 32.3. The number of piperidine rings is 1. The molecule has 0 aliphatic carbocycles. The van der Waals surface area contributed by atoms with Gasteiger partial charge in [0.1, 0.15) is 6.54 Å². The second-order valence-corrected chi connectivity index (χ2v) is 8.68. The van der Waals surface area contributed by atoms with Crippen LogP contribution in [0.25, 0.3) is 0 Å². The number of nitrogens with zero attached hydrogens (tertiary/aromatic N) is 3. The summed E-state index contributed by atoms with van der Waals surface area (Å²) in [6.45, 7) is 2.78. The Morgan fingerprint density at radius 3 is 2.48 bits per heavy atom. The molecule has 6 heteroatoms. The van der Waals surface area contributed by atoms with Gasteiger partial charge in [0.15, 0.2) is 0 Å². The number of hydrogen-bond acceptors (Lipinski definition) is 4. The van der Waals surface area contributed by atoms with Crippen molar-refractivity contribution in [2.24, 2.45) is 0 Å². The van der Waals surface area contributed by atoms with Crippen molar-refractivity contribution in [3.05, 3.63) is 54.1 Å². The topological polar surface area (TPSA) is 43.9 Å². The van der Waals surface area contributed by atoms with Gasteiger partial charge >= 0.3 is 0 Å². The number of amides is 2. The first-order chi connectivity index (χ1) is 14.1. The van der Waals surface area contributed by atoms with Crippen molar-refractivity contribution in [2.75, 3.05) is 42.2 Å². The third-order valence-corrected chi connectivity index (χ3v) is 6.67. The normalized spacial score (nSPS) is 16.5. The van der Waals surface area contributed by atoms with Gasteiger partial charge in [-0.25, -0.2) is 0 Å². The highest BCUT2D eigenvalue weighted by atomic mass is 32.2. The summed E-state index contributed by atoms with van der Waals surface area (Å²) in [5, 5.41) is 0. The Hall–Kier alpha value is -2.47. The number of para-hydroxylation sites is 2. The van der Waals surface area contributed by atoms with Crippen LogP contribution in [0.4, 0.5) is 11.4 Å². The van der Waals surface area contributed by atoms with Crippen LogP contribution >= 0.6 is 11.8 Å². The third-order valence-electron chi connectivity index (χ3n) is 5.62. The van der Waals surface area contributed by atoms with Crippen molar-refractivity contribution in [1.29, 1.82) is 0 Å². The summed E-state index contributed by atoms with van der Waals surface area (Å²) in [7, 11) is 1.82. The van der Waals surface area contributed by atoms with Gasteiger partial charge < -0.3 is 14.7 Å². The van der Waals surface area contributed by atoms with Crippen LogP contribution in [0.1, 0.15) is 24.8 Å². The minimum absolute atomic E-state index is 0.0100. The second kappa shape index (κ2) is 8.91. The van der Waals surface area contributed by atoms with E-state index in [1.165, 1.54) is 36.7 Å². The summed E-state index contributed by atoms with van der Waals surface area (Å²) in [6.07, 6.45) is 3.73. The van der Waals surface area contributed by atoms with Gasteiger partial charge in [0.2, 0.25) is 11.8 Å². The predicted octanol–water partition coefficient (Wildman–Crippen LogP) is 3.77. The summed E-state index contributed by atoms with van der Waals surface area (Å²) in [6, 6.07) is 16.1. The Balaban J connectivity index is 1.46. The first-order valence-electron chi connectivity index (χ1n) is 10.2. The van der Waals surface area contributed by atoms with Crippen molar-refractivity contribution in [3.63, 3.8) is 0 Å². The maximum atomic E-state index is 13.0. The van der Waals surface area contributed by atoms with E-state index in [1.54, 1.807) is 9.80 Å². The maximum Gasteiger partial charge on any atom is 0.242 e. The third kappa shape index (κ3) is 4.42. The number of carbonyl (C=O) groups is 2. The minimum atomic E-state index is -0.0477. The van der Waals surface area contributed by atoms with Gasteiger partial charge in [0.25, 0.3) is 0 Å². The molecule has 1 fully saturated rings. The summed E-state index contributed by atoms with van der Waals surface area (Å²) in [5.74, 6) is 0.323. The molecule has 0 atom stereocenters. The van der Waals surface area contributed by atoms with Gasteiger partial charge in [-0.2, -0.15) is 0 Å². The minimum Gasteiger partial charge on any atom is -0.371 e. The van der Waals surface area contributed by atoms with E-state index in [0.29, 0.717) is 12.3 Å². The fourth-order valence-corrected chi connectivity index (χ4v) is 4.95. The molecule has 2 aromatic carbocycles. The molecule has 2 aromatic rings. The molecule has 0 radical (unpaired) electrons. The highest BCUT2D eigenvalue weighted by Crippen LogP contribution is 2.34. The number of likely N-dealkylation sites (N-methyl/N-ethyl adjacent to an activating group) is 1. The number of benzene rings is 2. The molecular weight excluding hydrogens is 382 g/mol. The molecule has 1 saturated heterocycles. The Labute approximate surface area is 176 Å². The van der Waals surface area contributed by atoms with Crippen molar-refractivity contribution < 1.29 is 9.59 Å². The number of carbonyl (C=O) groups excluding carboxylic acids is 2. The molecule has 2 aliphatic rings. The molecule has 0 unspecified atom stereocenters. The standard InChI is InChI=1S/C23H27N3O2S/c1-24(15-18-9-3-4-10-19(18)25-13-7-2-8-14-25)22(27)16-26-20-11-5-6-12-21(20)29-17-23(26)28/h3-6,9-12H,2,7-8,13-17H2,1H3. The Bertz CT molecular complexity index is 895. The summed E-state index contributed by atoms with van der Waals surface area (Å²) >= 11 is 1.53. The molecule has 0 aromatic heterocycles. The van der Waals surface area contributed by atoms with Crippen LogP contribution in [0.2, 0.25) is 0 Å². The molecule has 152 valence electrons. The smallest absolute Gasteiger partial charge is 0.242 e. The molecule has 4 rings (SSSR count). The van der Waals surface area contributed by atoms with E-state index in [-0.39, 0.29) is 18.4 Å². The predicted molar refractivity (Wildman–Crippen MR) is 118 cm³/mol. The fourth-order valence-electron chi connectivity index (χ4n) is 4.01. The van der Waals surface area contributed by atoms with Gasteiger partial charge in [0, 0.05) is 37.3 Å². The maximum absolute atomic E-state index is 13.0. The van der Waals surface area contributed by atoms with E-state index in [4.69, 9.17) is 0 Å². The van der Waals surface area contributed by atoms with Crippen LogP contribution < -0.4 is 9.80 Å². The molecule has 5 nitrogen and oxygen atoms in total. The first kappa shape index (κ1) is 19.8. The van der Waals surface area contributed by atoms with Crippen LogP contribution in [0.5, 0.6) is 0 Å². The van der Waals surface area contributed by atoms with Gasteiger partial charge in [-0.3, -0.25) is 9.59 Å². The fraction of sp³-hybridized carbons (Fsp3) is 0.391. The number of anilines is 2. The number of rotatable bonds is 5. The molecule has 0 bridgehead atoms. The van der Waals surface area contributed by atoms with Gasteiger partial charge in [-0.1, -0.05) is 30.3 Å². The van der Waals surface area contributed by atoms with Crippen molar-refractivity contribution in [3.8, 4) is 0 Å². The quantitative estimate of drug-likeness (QED) is 0.754. The average Bonchev–Trinajstić information content (AvgIpc) is 2.76. The van der Waals surface area contributed by atoms with E-state index in [1.807, 2.05) is 37.4 Å². The highest BCUT2D eigenvalue weighted by molar-refractivity contribution is 8.00. The van der Waals surface area contributed by atoms with Crippen LogP contribution in [0, 0.1) is 0 Å². The van der Waals surface area contributed by atoms with Crippen LogP contribution in [0.15, 0.2) is 53.4 Å². The molecule has 2 heterocycles. The van der Waals surface area contributed by atoms with Gasteiger partial charge in [0.05, 0.1) is 11.4 Å². The second-order valence-electron chi connectivity index (χ2n) is 7.66. The average molecular weight is 410 g/mol. The lowest BCUT2D eigenvalue weighted by Crippen LogP contribution is -2.43. The van der Waals surface area contributed by atoms with Crippen LogP contribution in [0.3, 0.4) is 0 Å². The lowest BCUT2D eigenvalue weighted by atomic mass is 10.1. The summed E-state index contributed by atoms with van der Waals surface area (Å²) in [5.41, 5.74) is 3.22. The van der Waals surface area contributed by atoms with Crippen LogP contribution in [-0.2, 0) is 16.1 Å². The molecule has 29 heavy (non-hydrogen) atoms. The molecule has 2 aliphatic heterocycles. The zero-order valence-electron chi connectivity index (χ0n) is 16.8. The van der Waals surface area contributed by atoms with Gasteiger partial charge in [-0.15, -0.1) is 11.8 Å². The van der Waals surface area contributed by atoms with Crippen LogP contribution in [-0.4, -0.2) is 49.1 Å². The van der Waals surface area contributed by atoms with E-state index in [0.717, 1.165) is 29.2 Å². The first-order valence-corrected chi connectivity index (χ1v) is 11.2. The summed E-state index contributed by atoms with van der Waals surface area (Å²) < 4.78 is 0. The van der Waals surface area contributed by atoms with Gasteiger partial charge in [-0.05, 0) is 43.0 Å². The molecule has 0 spiro atoms. The van der Waals surface area contributed by atoms with Crippen molar-refractivity contribution in [2.45, 2.75) is 30.7 Å². The largest absolute Gasteiger partial charge is 0.371 e. The molecule has 0 N–H and O–H groups in total.